The van der Waals surface area contributed by atoms with Gasteiger partial charge < -0.3 is 48.8 Å². The second-order valence-electron chi connectivity index (χ2n) is 9.82. The van der Waals surface area contributed by atoms with Crippen molar-refractivity contribution in [2.24, 2.45) is 10.2 Å². The molecule has 0 aromatic heterocycles. The summed E-state index contributed by atoms with van der Waals surface area (Å²) in [7, 11) is 2.84. The Labute approximate surface area is 253 Å². The minimum atomic E-state index is -1.17. The van der Waals surface area contributed by atoms with Crippen LogP contribution in [0, 0.1) is 0 Å². The Morgan fingerprint density at radius 1 is 0.682 bits per heavy atom. The third-order valence-corrected chi connectivity index (χ3v) is 7.05. The van der Waals surface area contributed by atoms with E-state index >= 15 is 0 Å². The fourth-order valence-corrected chi connectivity index (χ4v) is 4.77. The molecule has 4 N–H and O–H groups in total. The first-order valence-electron chi connectivity index (χ1n) is 13.8. The molecular formula is C28H38N6O10. The minimum Gasteiger partial charge on any atom is -0.394 e. The quantitative estimate of drug-likeness (QED) is 0.153. The van der Waals surface area contributed by atoms with Crippen molar-refractivity contribution in [1.29, 1.82) is 0 Å². The number of nitrogens with zero attached hydrogens (tertiary/aromatic N) is 6. The molecule has 16 heteroatoms. The van der Waals surface area contributed by atoms with Crippen LogP contribution in [-0.2, 0) is 41.6 Å². The van der Waals surface area contributed by atoms with Crippen LogP contribution in [0.5, 0.6) is 0 Å². The van der Waals surface area contributed by atoms with Gasteiger partial charge >= 0.3 is 0 Å². The minimum absolute atomic E-state index is 0.253. The molecule has 16 nitrogen and oxygen atoms in total. The summed E-state index contributed by atoms with van der Waals surface area (Å²) >= 11 is 0. The van der Waals surface area contributed by atoms with Crippen LogP contribution in [0.15, 0.2) is 70.9 Å². The van der Waals surface area contributed by atoms with Crippen molar-refractivity contribution >= 4 is 0 Å². The standard InChI is InChI=1S/2C14H19N3O5/c2*1-20-14-13(21-8-9-5-3-2-4-6-9)11(16-17-15)12(19)10(7-18)22-14/h2*2-6,10-14,18-19H,7-8H2,1H3/t10?,11-,12?,13?,14+;10?,11-,12?,13?,14-/m00/s1. The molecule has 0 spiro atoms. The largest absolute Gasteiger partial charge is 0.394 e. The molecule has 0 bridgehead atoms. The number of benzene rings is 2. The Balaban J connectivity index is 0.000000240. The molecule has 2 fully saturated rings. The Bertz CT molecular complexity index is 1110. The Hall–Kier alpha value is -3.34. The van der Waals surface area contributed by atoms with Gasteiger partial charge in [0.1, 0.15) is 24.4 Å². The number of aliphatic hydroxyl groups excluding tert-OH is 4. The van der Waals surface area contributed by atoms with E-state index < -0.39 is 74.5 Å². The highest BCUT2D eigenvalue weighted by atomic mass is 16.7. The van der Waals surface area contributed by atoms with E-state index in [4.69, 9.17) is 39.5 Å². The van der Waals surface area contributed by atoms with Gasteiger partial charge in [0.25, 0.3) is 0 Å². The van der Waals surface area contributed by atoms with E-state index in [1.54, 1.807) is 0 Å². The molecule has 6 unspecified atom stereocenters. The van der Waals surface area contributed by atoms with E-state index in [0.717, 1.165) is 11.1 Å². The molecule has 2 aliphatic rings. The molecule has 2 aliphatic heterocycles. The zero-order valence-electron chi connectivity index (χ0n) is 24.3. The number of rotatable bonds is 12. The number of aliphatic hydroxyl groups is 4. The van der Waals surface area contributed by atoms with Crippen molar-refractivity contribution < 1.29 is 48.8 Å². The zero-order chi connectivity index (χ0) is 31.9. The lowest BCUT2D eigenvalue weighted by Gasteiger charge is -2.41. The highest BCUT2D eigenvalue weighted by Crippen LogP contribution is 2.28. The summed E-state index contributed by atoms with van der Waals surface area (Å²) in [5.41, 5.74) is 19.3. The zero-order valence-corrected chi connectivity index (χ0v) is 24.3. The van der Waals surface area contributed by atoms with Gasteiger partial charge in [-0.15, -0.1) is 0 Å². The van der Waals surface area contributed by atoms with E-state index in [1.807, 2.05) is 60.7 Å². The highest BCUT2D eigenvalue weighted by Gasteiger charge is 2.46. The number of azide groups is 2. The number of hydrogen-bond acceptors (Lipinski definition) is 12. The van der Waals surface area contributed by atoms with Crippen molar-refractivity contribution in [2.45, 2.75) is 74.5 Å². The summed E-state index contributed by atoms with van der Waals surface area (Å²) in [5, 5.41) is 46.0. The molecule has 0 aliphatic carbocycles. The van der Waals surface area contributed by atoms with Gasteiger partial charge in [-0.1, -0.05) is 70.9 Å². The Morgan fingerprint density at radius 3 is 1.34 bits per heavy atom. The predicted molar refractivity (Wildman–Crippen MR) is 153 cm³/mol. The van der Waals surface area contributed by atoms with Crippen LogP contribution in [0.2, 0.25) is 0 Å². The summed E-state index contributed by atoms with van der Waals surface area (Å²) in [6.07, 6.45) is -7.38. The van der Waals surface area contributed by atoms with Crippen LogP contribution < -0.4 is 0 Å². The van der Waals surface area contributed by atoms with Gasteiger partial charge in [-0.05, 0) is 22.2 Å². The van der Waals surface area contributed by atoms with Gasteiger partial charge in [-0.3, -0.25) is 0 Å². The monoisotopic (exact) mass is 618 g/mol. The summed E-state index contributed by atoms with van der Waals surface area (Å²) < 4.78 is 32.8. The summed E-state index contributed by atoms with van der Waals surface area (Å²) in [6, 6.07) is 17.0. The average molecular weight is 619 g/mol. The van der Waals surface area contributed by atoms with Crippen LogP contribution in [0.4, 0.5) is 0 Å². The van der Waals surface area contributed by atoms with Crippen LogP contribution in [-0.4, -0.2) is 109 Å². The predicted octanol–water partition coefficient (Wildman–Crippen LogP) is 1.95. The van der Waals surface area contributed by atoms with E-state index in [-0.39, 0.29) is 13.2 Å². The maximum Gasteiger partial charge on any atom is 0.184 e. The third-order valence-electron chi connectivity index (χ3n) is 7.05. The summed E-state index contributed by atoms with van der Waals surface area (Å²) in [5.74, 6) is 0. The highest BCUT2D eigenvalue weighted by molar-refractivity contribution is 5.14. The molecular weight excluding hydrogens is 580 g/mol. The summed E-state index contributed by atoms with van der Waals surface area (Å²) in [4.78, 5) is 5.49. The average Bonchev–Trinajstić information content (AvgIpc) is 3.06. The molecule has 2 saturated heterocycles. The smallest absolute Gasteiger partial charge is 0.184 e. The second-order valence-corrected chi connectivity index (χ2v) is 9.82. The van der Waals surface area contributed by atoms with Crippen molar-refractivity contribution in [3.63, 3.8) is 0 Å². The van der Waals surface area contributed by atoms with E-state index in [2.05, 4.69) is 20.1 Å². The topological polar surface area (TPSA) is 234 Å². The van der Waals surface area contributed by atoms with Gasteiger partial charge in [0.2, 0.25) is 0 Å². The van der Waals surface area contributed by atoms with Crippen LogP contribution in [0.25, 0.3) is 20.9 Å². The molecule has 2 aromatic carbocycles. The van der Waals surface area contributed by atoms with Crippen molar-refractivity contribution in [3.8, 4) is 0 Å². The SMILES string of the molecule is CO[C@@H]1OC(CO)C(O)[C@H](N=[N+]=[N-])C1OCc1ccccc1.CO[C@H]1OC(CO)C(O)[C@H](N=[N+]=[N-])C1OCc1ccccc1. The van der Waals surface area contributed by atoms with Gasteiger partial charge in [0.05, 0.1) is 50.7 Å². The number of ether oxygens (including phenoxy) is 6. The molecule has 2 aromatic rings. The lowest BCUT2D eigenvalue weighted by molar-refractivity contribution is -0.279. The second kappa shape index (κ2) is 18.5. The molecule has 4 rings (SSSR count). The first kappa shape index (κ1) is 35.1. The molecule has 0 amide bonds. The Kier molecular flexibility index (Phi) is 14.7. The summed E-state index contributed by atoms with van der Waals surface area (Å²) in [6.45, 7) is -0.320. The fourth-order valence-electron chi connectivity index (χ4n) is 4.77. The molecule has 0 radical (unpaired) electrons. The first-order chi connectivity index (χ1) is 21.4. The van der Waals surface area contributed by atoms with Crippen molar-refractivity contribution in [2.75, 3.05) is 27.4 Å². The number of hydrogen-bond donors (Lipinski definition) is 4. The van der Waals surface area contributed by atoms with E-state index in [0.29, 0.717) is 0 Å². The van der Waals surface area contributed by atoms with E-state index in [1.165, 1.54) is 14.2 Å². The van der Waals surface area contributed by atoms with Gasteiger partial charge in [0.15, 0.2) is 12.6 Å². The first-order valence-corrected chi connectivity index (χ1v) is 13.8. The molecule has 44 heavy (non-hydrogen) atoms. The maximum atomic E-state index is 10.2. The third kappa shape index (κ3) is 9.33. The molecule has 0 saturated carbocycles. The van der Waals surface area contributed by atoms with Gasteiger partial charge in [-0.25, -0.2) is 0 Å². The van der Waals surface area contributed by atoms with Gasteiger partial charge in [0, 0.05) is 24.0 Å². The molecule has 2 heterocycles. The lowest BCUT2D eigenvalue weighted by atomic mass is 9.97. The fraction of sp³-hybridized carbons (Fsp3) is 0.571. The normalized spacial score (nSPS) is 31.5. The molecule has 240 valence electrons. The Morgan fingerprint density at radius 2 is 1.05 bits per heavy atom. The van der Waals surface area contributed by atoms with Crippen LogP contribution in [0.3, 0.4) is 0 Å². The van der Waals surface area contributed by atoms with Crippen molar-refractivity contribution in [3.05, 3.63) is 92.7 Å². The lowest BCUT2D eigenvalue weighted by Crippen LogP contribution is -2.59. The van der Waals surface area contributed by atoms with E-state index in [9.17, 15) is 20.4 Å². The van der Waals surface area contributed by atoms with Crippen molar-refractivity contribution in [1.82, 2.24) is 0 Å². The number of methoxy groups -OCH3 is 2. The van der Waals surface area contributed by atoms with Crippen LogP contribution >= 0.6 is 0 Å². The maximum absolute atomic E-state index is 10.2. The van der Waals surface area contributed by atoms with Gasteiger partial charge in [-0.2, -0.15) is 0 Å². The van der Waals surface area contributed by atoms with Crippen LogP contribution in [0.1, 0.15) is 11.1 Å². The molecule has 10 atom stereocenters.